The lowest BCUT2D eigenvalue weighted by Crippen LogP contribution is -1.99. The summed E-state index contributed by atoms with van der Waals surface area (Å²) in [5.74, 6) is -0.201. The van der Waals surface area contributed by atoms with Crippen molar-refractivity contribution in [2.75, 3.05) is 7.11 Å². The van der Waals surface area contributed by atoms with E-state index in [1.54, 1.807) is 0 Å². The van der Waals surface area contributed by atoms with Gasteiger partial charge in [0.25, 0.3) is 0 Å². The first-order chi connectivity index (χ1) is 7.97. The third-order valence-corrected chi connectivity index (χ3v) is 2.89. The Hall–Kier alpha value is -1.71. The smallest absolute Gasteiger partial charge is 0.303 e. The average molecular weight is 238 g/mol. The van der Waals surface area contributed by atoms with Gasteiger partial charge in [0.1, 0.15) is 0 Å². The maximum Gasteiger partial charge on any atom is 0.303 e. The van der Waals surface area contributed by atoms with Crippen LogP contribution >= 0.6 is 0 Å². The molecular weight excluding hydrogens is 220 g/mol. The molecule has 4 heteroatoms. The Balaban J connectivity index is 2.94. The molecule has 0 aliphatic rings. The molecular formula is C13H18O4. The van der Waals surface area contributed by atoms with Crippen molar-refractivity contribution < 1.29 is 19.7 Å². The second-order valence-electron chi connectivity index (χ2n) is 4.11. The maximum absolute atomic E-state index is 10.5. The molecule has 0 aromatic heterocycles. The van der Waals surface area contributed by atoms with E-state index in [4.69, 9.17) is 9.84 Å². The Kier molecular flexibility index (Phi) is 4.37. The number of aromatic hydroxyl groups is 1. The fourth-order valence-electron chi connectivity index (χ4n) is 1.79. The number of aryl methyl sites for hydroxylation is 2. The molecule has 0 saturated heterocycles. The molecule has 17 heavy (non-hydrogen) atoms. The Labute approximate surface area is 101 Å². The number of ether oxygens (including phenoxy) is 1. The van der Waals surface area contributed by atoms with Crippen molar-refractivity contribution in [3.63, 3.8) is 0 Å². The molecule has 0 spiro atoms. The van der Waals surface area contributed by atoms with Crippen LogP contribution < -0.4 is 4.74 Å². The van der Waals surface area contributed by atoms with Gasteiger partial charge >= 0.3 is 5.97 Å². The minimum absolute atomic E-state index is 0.122. The van der Waals surface area contributed by atoms with Gasteiger partial charge in [-0.15, -0.1) is 0 Å². The van der Waals surface area contributed by atoms with Gasteiger partial charge in [0.15, 0.2) is 11.5 Å². The van der Waals surface area contributed by atoms with Crippen LogP contribution in [-0.2, 0) is 11.2 Å². The van der Waals surface area contributed by atoms with Crippen LogP contribution in [0, 0.1) is 13.8 Å². The van der Waals surface area contributed by atoms with Gasteiger partial charge in [-0.2, -0.15) is 0 Å². The topological polar surface area (TPSA) is 66.8 Å². The summed E-state index contributed by atoms with van der Waals surface area (Å²) < 4.78 is 5.17. The third kappa shape index (κ3) is 3.12. The van der Waals surface area contributed by atoms with Crippen LogP contribution in [-0.4, -0.2) is 23.3 Å². The molecule has 0 bridgehead atoms. The van der Waals surface area contributed by atoms with Crippen LogP contribution in [0.25, 0.3) is 0 Å². The molecule has 1 rings (SSSR count). The zero-order valence-electron chi connectivity index (χ0n) is 10.4. The summed E-state index contributed by atoms with van der Waals surface area (Å²) in [6, 6.07) is 1.94. The largest absolute Gasteiger partial charge is 0.504 e. The van der Waals surface area contributed by atoms with Crippen molar-refractivity contribution in [2.24, 2.45) is 0 Å². The molecule has 4 nitrogen and oxygen atoms in total. The first kappa shape index (κ1) is 13.4. The van der Waals surface area contributed by atoms with Gasteiger partial charge in [0.2, 0.25) is 0 Å². The molecule has 0 unspecified atom stereocenters. The molecule has 2 N–H and O–H groups in total. The lowest BCUT2D eigenvalue weighted by Gasteiger charge is -2.14. The first-order valence-corrected chi connectivity index (χ1v) is 5.55. The molecule has 1 aromatic carbocycles. The lowest BCUT2D eigenvalue weighted by molar-refractivity contribution is -0.137. The van der Waals surface area contributed by atoms with E-state index in [9.17, 15) is 9.90 Å². The highest BCUT2D eigenvalue weighted by atomic mass is 16.5. The maximum atomic E-state index is 10.5. The number of hydrogen-bond acceptors (Lipinski definition) is 3. The molecule has 0 amide bonds. The number of carboxylic acids is 1. The quantitative estimate of drug-likeness (QED) is 0.826. The summed E-state index contributed by atoms with van der Waals surface area (Å²) in [6.45, 7) is 3.74. The predicted octanol–water partition coefficient (Wildman–Crippen LogP) is 2.42. The van der Waals surface area contributed by atoms with E-state index in [0.29, 0.717) is 18.6 Å². The zero-order valence-corrected chi connectivity index (χ0v) is 10.4. The molecule has 0 heterocycles. The summed E-state index contributed by atoms with van der Waals surface area (Å²) in [5, 5.41) is 18.5. The van der Waals surface area contributed by atoms with Crippen molar-refractivity contribution >= 4 is 5.97 Å². The van der Waals surface area contributed by atoms with Crippen molar-refractivity contribution in [3.05, 3.63) is 22.8 Å². The van der Waals surface area contributed by atoms with E-state index in [1.807, 2.05) is 19.9 Å². The molecule has 0 saturated carbocycles. The highest BCUT2D eigenvalue weighted by molar-refractivity contribution is 5.66. The molecule has 0 aliphatic carbocycles. The summed E-state index contributed by atoms with van der Waals surface area (Å²) in [6.07, 6.45) is 1.24. The van der Waals surface area contributed by atoms with Crippen molar-refractivity contribution in [1.82, 2.24) is 0 Å². The number of hydrogen-bond donors (Lipinski definition) is 2. The van der Waals surface area contributed by atoms with Crippen LogP contribution in [0.1, 0.15) is 29.5 Å². The van der Waals surface area contributed by atoms with E-state index in [1.165, 1.54) is 7.11 Å². The van der Waals surface area contributed by atoms with Gasteiger partial charge in [-0.05, 0) is 43.4 Å². The molecule has 0 radical (unpaired) electrons. The summed E-state index contributed by atoms with van der Waals surface area (Å²) in [7, 11) is 1.50. The molecule has 94 valence electrons. The Morgan fingerprint density at radius 3 is 2.59 bits per heavy atom. The molecule has 0 fully saturated rings. The Morgan fingerprint density at radius 1 is 1.41 bits per heavy atom. The number of carboxylic acid groups (broad SMARTS) is 1. The summed E-state index contributed by atoms with van der Waals surface area (Å²) >= 11 is 0. The van der Waals surface area contributed by atoms with Gasteiger partial charge in [0.05, 0.1) is 7.11 Å². The molecule has 0 atom stereocenters. The molecule has 0 aliphatic heterocycles. The minimum atomic E-state index is -0.808. The predicted molar refractivity (Wildman–Crippen MR) is 64.7 cm³/mol. The van der Waals surface area contributed by atoms with Gasteiger partial charge in [0, 0.05) is 6.42 Å². The second-order valence-corrected chi connectivity index (χ2v) is 4.11. The van der Waals surface area contributed by atoms with E-state index in [2.05, 4.69) is 0 Å². The van der Waals surface area contributed by atoms with Crippen LogP contribution in [0.4, 0.5) is 0 Å². The van der Waals surface area contributed by atoms with E-state index >= 15 is 0 Å². The van der Waals surface area contributed by atoms with Crippen LogP contribution in [0.5, 0.6) is 11.5 Å². The number of phenolic OH excluding ortho intramolecular Hbond substituents is 1. The SMILES string of the molecule is COc1c(CCCC(=O)O)cc(C)c(C)c1O. The normalized spacial score (nSPS) is 10.3. The number of benzene rings is 1. The van der Waals surface area contributed by atoms with Crippen LogP contribution in [0.15, 0.2) is 6.07 Å². The highest BCUT2D eigenvalue weighted by Gasteiger charge is 2.13. The van der Waals surface area contributed by atoms with E-state index in [-0.39, 0.29) is 12.2 Å². The fourth-order valence-corrected chi connectivity index (χ4v) is 1.79. The van der Waals surface area contributed by atoms with E-state index in [0.717, 1.165) is 16.7 Å². The monoisotopic (exact) mass is 238 g/mol. The van der Waals surface area contributed by atoms with E-state index < -0.39 is 5.97 Å². The highest BCUT2D eigenvalue weighted by Crippen LogP contribution is 2.36. The van der Waals surface area contributed by atoms with Gasteiger partial charge < -0.3 is 14.9 Å². The Bertz CT molecular complexity index is 424. The number of phenols is 1. The number of methoxy groups -OCH3 is 1. The lowest BCUT2D eigenvalue weighted by atomic mass is 9.99. The third-order valence-electron chi connectivity index (χ3n) is 2.89. The van der Waals surface area contributed by atoms with Crippen LogP contribution in [0.2, 0.25) is 0 Å². The zero-order chi connectivity index (χ0) is 13.0. The number of aliphatic carboxylic acids is 1. The van der Waals surface area contributed by atoms with Crippen molar-refractivity contribution in [1.29, 1.82) is 0 Å². The molecule has 1 aromatic rings. The van der Waals surface area contributed by atoms with Crippen LogP contribution in [0.3, 0.4) is 0 Å². The minimum Gasteiger partial charge on any atom is -0.504 e. The average Bonchev–Trinajstić information content (AvgIpc) is 2.26. The second kappa shape index (κ2) is 5.57. The fraction of sp³-hybridized carbons (Fsp3) is 0.462. The van der Waals surface area contributed by atoms with Gasteiger partial charge in [-0.3, -0.25) is 4.79 Å². The summed E-state index contributed by atoms with van der Waals surface area (Å²) in [4.78, 5) is 10.5. The van der Waals surface area contributed by atoms with Crippen molar-refractivity contribution in [3.8, 4) is 11.5 Å². The van der Waals surface area contributed by atoms with Gasteiger partial charge in [-0.1, -0.05) is 6.07 Å². The standard InChI is InChI=1S/C13H18O4/c1-8-7-10(5-4-6-11(14)15)13(17-3)12(16)9(8)2/h7,16H,4-6H2,1-3H3,(H,14,15). The van der Waals surface area contributed by atoms with Gasteiger partial charge in [-0.25, -0.2) is 0 Å². The number of carbonyl (C=O) groups is 1. The number of rotatable bonds is 5. The first-order valence-electron chi connectivity index (χ1n) is 5.55. The Morgan fingerprint density at radius 2 is 2.06 bits per heavy atom. The summed E-state index contributed by atoms with van der Waals surface area (Å²) in [5.41, 5.74) is 2.63. The van der Waals surface area contributed by atoms with Crippen molar-refractivity contribution in [2.45, 2.75) is 33.1 Å².